The number of aromatic nitrogens is 3. The van der Waals surface area contributed by atoms with Crippen molar-refractivity contribution in [3.05, 3.63) is 53.4 Å². The molecular formula is C28H27ClFN7O. The molecule has 0 amide bonds. The van der Waals surface area contributed by atoms with Crippen LogP contribution in [0.4, 0.5) is 10.2 Å². The van der Waals surface area contributed by atoms with Crippen molar-refractivity contribution in [1.29, 1.82) is 5.26 Å². The van der Waals surface area contributed by atoms with Gasteiger partial charge in [-0.2, -0.15) is 15.2 Å². The van der Waals surface area contributed by atoms with E-state index in [-0.39, 0.29) is 29.3 Å². The molecule has 2 aliphatic heterocycles. The Balaban J connectivity index is 1.46. The summed E-state index contributed by atoms with van der Waals surface area (Å²) >= 11 is 6.54. The highest BCUT2D eigenvalue weighted by atomic mass is 35.5. The van der Waals surface area contributed by atoms with Crippen molar-refractivity contribution in [2.45, 2.75) is 31.3 Å². The average Bonchev–Trinajstić information content (AvgIpc) is 3.56. The summed E-state index contributed by atoms with van der Waals surface area (Å²) in [5.74, 6) is 0.00761. The van der Waals surface area contributed by atoms with Gasteiger partial charge in [-0.3, -0.25) is 4.98 Å². The molecule has 6 rings (SSSR count). The number of rotatable bonds is 6. The predicted molar refractivity (Wildman–Crippen MR) is 146 cm³/mol. The minimum Gasteiger partial charge on any atom is -0.462 e. The molecule has 38 heavy (non-hydrogen) atoms. The Morgan fingerprint density at radius 3 is 2.82 bits per heavy atom. The van der Waals surface area contributed by atoms with Crippen LogP contribution in [0.5, 0.6) is 6.01 Å². The zero-order valence-electron chi connectivity index (χ0n) is 21.0. The van der Waals surface area contributed by atoms with Crippen molar-refractivity contribution in [2.24, 2.45) is 0 Å². The van der Waals surface area contributed by atoms with Gasteiger partial charge in [-0.15, -0.1) is 0 Å². The summed E-state index contributed by atoms with van der Waals surface area (Å²) in [6, 6.07) is 11.6. The van der Waals surface area contributed by atoms with E-state index in [2.05, 4.69) is 27.2 Å². The van der Waals surface area contributed by atoms with Crippen LogP contribution in [0.1, 0.15) is 19.3 Å². The molecular weight excluding hydrogens is 505 g/mol. The lowest BCUT2D eigenvalue weighted by atomic mass is 10.0. The molecule has 0 saturated carbocycles. The van der Waals surface area contributed by atoms with E-state index in [0.29, 0.717) is 41.5 Å². The molecule has 4 aromatic rings. The van der Waals surface area contributed by atoms with E-state index < -0.39 is 5.82 Å². The van der Waals surface area contributed by atoms with Crippen LogP contribution >= 0.6 is 11.6 Å². The number of fused-ring (bicyclic) bond motifs is 2. The number of pyridine rings is 1. The molecule has 2 aliphatic rings. The second kappa shape index (κ2) is 10.2. The van der Waals surface area contributed by atoms with Crippen LogP contribution in [-0.4, -0.2) is 65.2 Å². The molecule has 8 nitrogen and oxygen atoms in total. The first-order valence-corrected chi connectivity index (χ1v) is 13.2. The standard InChI is InChI=1S/C28H27ClFN7O/c1-36-11-4-7-19(36)15-38-28-34-26-21(27(35-28)37-12-10-18(14-37)33-16-31)13-32-25(24(26)30)20-8-2-5-17-6-3-9-22(29)23(17)20/h2-3,5-6,8-9,13,18-19,33H,4,7,10-12,14-15H2,1H3/t18?,19-/m0/s1. The lowest BCUT2D eigenvalue weighted by Crippen LogP contribution is -2.31. The number of hydrogen-bond donors (Lipinski definition) is 1. The summed E-state index contributed by atoms with van der Waals surface area (Å²) in [5.41, 5.74) is 0.922. The number of halogens is 2. The number of nitrogens with one attached hydrogen (secondary N) is 1. The number of nitrogens with zero attached hydrogens (tertiary/aromatic N) is 6. The van der Waals surface area contributed by atoms with Crippen molar-refractivity contribution in [3.8, 4) is 23.5 Å². The second-order valence-electron chi connectivity index (χ2n) is 9.93. The highest BCUT2D eigenvalue weighted by molar-refractivity contribution is 6.36. The molecule has 0 aliphatic carbocycles. The fourth-order valence-corrected chi connectivity index (χ4v) is 5.81. The third kappa shape index (κ3) is 4.44. The molecule has 10 heteroatoms. The monoisotopic (exact) mass is 531 g/mol. The van der Waals surface area contributed by atoms with Crippen LogP contribution in [0.2, 0.25) is 5.02 Å². The van der Waals surface area contributed by atoms with E-state index in [1.165, 1.54) is 0 Å². The molecule has 2 saturated heterocycles. The first-order valence-electron chi connectivity index (χ1n) is 12.8. The van der Waals surface area contributed by atoms with E-state index in [9.17, 15) is 0 Å². The molecule has 2 atom stereocenters. The molecule has 4 heterocycles. The summed E-state index contributed by atoms with van der Waals surface area (Å²) in [5, 5.41) is 14.6. The molecule has 2 aromatic carbocycles. The van der Waals surface area contributed by atoms with Crippen molar-refractivity contribution in [2.75, 3.05) is 38.2 Å². The number of anilines is 1. The molecule has 0 radical (unpaired) electrons. The van der Waals surface area contributed by atoms with Crippen molar-refractivity contribution in [1.82, 2.24) is 25.2 Å². The van der Waals surface area contributed by atoms with E-state index in [4.69, 9.17) is 26.6 Å². The Morgan fingerprint density at radius 1 is 1.18 bits per heavy atom. The fourth-order valence-electron chi connectivity index (χ4n) is 5.53. The largest absolute Gasteiger partial charge is 0.462 e. The molecule has 1 unspecified atom stereocenters. The van der Waals surface area contributed by atoms with E-state index in [0.717, 1.165) is 36.6 Å². The third-order valence-corrected chi connectivity index (χ3v) is 7.90. The van der Waals surface area contributed by atoms with Gasteiger partial charge >= 0.3 is 6.01 Å². The van der Waals surface area contributed by atoms with Crippen LogP contribution in [0.3, 0.4) is 0 Å². The van der Waals surface area contributed by atoms with E-state index in [1.807, 2.05) is 41.4 Å². The normalized spacial score (nSPS) is 19.8. The SMILES string of the molecule is CN1CCC[C@H]1COc1nc(N2CCC(NC#N)C2)c2cnc(-c3cccc4cccc(Cl)c34)c(F)c2n1. The summed E-state index contributed by atoms with van der Waals surface area (Å²) in [6.07, 6.45) is 6.56. The summed E-state index contributed by atoms with van der Waals surface area (Å²) < 4.78 is 22.4. The van der Waals surface area contributed by atoms with E-state index in [1.54, 1.807) is 12.3 Å². The van der Waals surface area contributed by atoms with Gasteiger partial charge in [0.2, 0.25) is 0 Å². The molecule has 194 valence electrons. The molecule has 0 spiro atoms. The van der Waals surface area contributed by atoms with Crippen molar-refractivity contribution in [3.63, 3.8) is 0 Å². The Bertz CT molecular complexity index is 1550. The molecule has 0 bridgehead atoms. The van der Waals surface area contributed by atoms with Gasteiger partial charge in [-0.05, 0) is 44.3 Å². The number of nitriles is 1. The average molecular weight is 532 g/mol. The fraction of sp³-hybridized carbons (Fsp3) is 0.357. The molecule has 2 aromatic heterocycles. The number of likely N-dealkylation sites (tertiary alicyclic amines) is 1. The predicted octanol–water partition coefficient (Wildman–Crippen LogP) is 4.76. The van der Waals surface area contributed by atoms with Crippen molar-refractivity contribution < 1.29 is 9.13 Å². The summed E-state index contributed by atoms with van der Waals surface area (Å²) in [4.78, 5) is 18.1. The summed E-state index contributed by atoms with van der Waals surface area (Å²) in [7, 11) is 2.08. The third-order valence-electron chi connectivity index (χ3n) is 7.59. The maximum atomic E-state index is 16.3. The Morgan fingerprint density at radius 2 is 2.03 bits per heavy atom. The zero-order chi connectivity index (χ0) is 26.2. The highest BCUT2D eigenvalue weighted by Crippen LogP contribution is 2.37. The topological polar surface area (TPSA) is 90.2 Å². The lowest BCUT2D eigenvalue weighted by Gasteiger charge is -2.22. The van der Waals surface area contributed by atoms with Gasteiger partial charge in [0.1, 0.15) is 23.6 Å². The number of hydrogen-bond acceptors (Lipinski definition) is 8. The lowest BCUT2D eigenvalue weighted by molar-refractivity contribution is 0.188. The number of benzene rings is 2. The van der Waals surface area contributed by atoms with Gasteiger partial charge in [0.05, 0.1) is 11.4 Å². The maximum absolute atomic E-state index is 16.3. The van der Waals surface area contributed by atoms with Crippen LogP contribution in [-0.2, 0) is 0 Å². The van der Waals surface area contributed by atoms with Gasteiger partial charge in [0.15, 0.2) is 12.0 Å². The first kappa shape index (κ1) is 24.6. The Kier molecular flexibility index (Phi) is 6.60. The quantitative estimate of drug-likeness (QED) is 0.281. The van der Waals surface area contributed by atoms with Gasteiger partial charge in [-0.1, -0.05) is 41.9 Å². The van der Waals surface area contributed by atoms with Crippen LogP contribution in [0.25, 0.3) is 32.9 Å². The number of likely N-dealkylation sites (N-methyl/N-ethyl adjacent to an activating group) is 1. The van der Waals surface area contributed by atoms with Gasteiger partial charge in [0, 0.05) is 41.3 Å². The van der Waals surface area contributed by atoms with Crippen LogP contribution in [0, 0.1) is 17.3 Å². The van der Waals surface area contributed by atoms with Crippen LogP contribution < -0.4 is 15.0 Å². The second-order valence-corrected chi connectivity index (χ2v) is 10.3. The molecule has 2 fully saturated rings. The minimum atomic E-state index is -0.549. The number of ether oxygens (including phenoxy) is 1. The minimum absolute atomic E-state index is 0.00331. The summed E-state index contributed by atoms with van der Waals surface area (Å²) in [6.45, 7) is 2.68. The van der Waals surface area contributed by atoms with E-state index >= 15 is 4.39 Å². The smallest absolute Gasteiger partial charge is 0.319 e. The Hall–Kier alpha value is -3.74. The zero-order valence-corrected chi connectivity index (χ0v) is 21.7. The highest BCUT2D eigenvalue weighted by Gasteiger charge is 2.28. The molecule has 1 N–H and O–H groups in total. The Labute approximate surface area is 225 Å². The van der Waals surface area contributed by atoms with Crippen LogP contribution in [0.15, 0.2) is 42.6 Å². The van der Waals surface area contributed by atoms with Gasteiger partial charge in [0.25, 0.3) is 0 Å². The maximum Gasteiger partial charge on any atom is 0.319 e. The van der Waals surface area contributed by atoms with Gasteiger partial charge in [-0.25, -0.2) is 4.39 Å². The first-order chi connectivity index (χ1) is 18.5. The van der Waals surface area contributed by atoms with Gasteiger partial charge < -0.3 is 19.9 Å². The van der Waals surface area contributed by atoms with Crippen molar-refractivity contribution >= 4 is 39.1 Å².